The fraction of sp³-hybridized carbons (Fsp3) is 0.344. The standard InChI is InChI=1S/C32H28F4N4O4/c1-18-24-13-27(44-17-20-4-2-19(14-37)3-5-20)25(32(34,35)36)12-21(24)8-10-39(18)16-28-38-26-7-6-23(31(41)42)29(33)30(26)40(28)15-22-9-11-43-22/h2-7,12-13,18,22H,8-11,15-17H2,1H3,(H,41,42)/t18-,22-/m0/s1. The van der Waals surface area contributed by atoms with Crippen LogP contribution in [-0.4, -0.2) is 44.8 Å². The molecule has 1 aromatic heterocycles. The molecule has 1 N–H and O–H groups in total. The average molecular weight is 609 g/mol. The number of hydrogen-bond donors (Lipinski definition) is 1. The van der Waals surface area contributed by atoms with Gasteiger partial charge in [0.05, 0.1) is 47.5 Å². The van der Waals surface area contributed by atoms with E-state index in [1.807, 2.05) is 13.0 Å². The monoisotopic (exact) mass is 608 g/mol. The van der Waals surface area contributed by atoms with E-state index < -0.39 is 29.1 Å². The van der Waals surface area contributed by atoms with Gasteiger partial charge in [-0.05, 0) is 72.9 Å². The number of halogens is 4. The molecule has 12 heteroatoms. The van der Waals surface area contributed by atoms with Crippen LogP contribution in [0.1, 0.15) is 63.4 Å². The number of imidazole rings is 1. The van der Waals surface area contributed by atoms with E-state index in [1.165, 1.54) is 18.2 Å². The lowest BCUT2D eigenvalue weighted by Crippen LogP contribution is -2.36. The molecule has 4 aromatic rings. The number of alkyl halides is 3. The first-order valence-electron chi connectivity index (χ1n) is 14.2. The first kappa shape index (κ1) is 29.6. The minimum atomic E-state index is -4.62. The molecule has 44 heavy (non-hydrogen) atoms. The van der Waals surface area contributed by atoms with Crippen molar-refractivity contribution in [1.82, 2.24) is 14.5 Å². The zero-order valence-corrected chi connectivity index (χ0v) is 23.7. The fourth-order valence-corrected chi connectivity index (χ4v) is 5.82. The van der Waals surface area contributed by atoms with Crippen molar-refractivity contribution in [2.75, 3.05) is 13.2 Å². The lowest BCUT2D eigenvalue weighted by atomic mass is 9.91. The Morgan fingerprint density at radius 1 is 1.20 bits per heavy atom. The van der Waals surface area contributed by atoms with Gasteiger partial charge in [0.2, 0.25) is 0 Å². The van der Waals surface area contributed by atoms with Crippen molar-refractivity contribution in [2.45, 2.75) is 57.8 Å². The predicted molar refractivity (Wildman–Crippen MR) is 150 cm³/mol. The lowest BCUT2D eigenvalue weighted by molar-refractivity contribution is -0.139. The molecular formula is C32H28F4N4O4. The second kappa shape index (κ2) is 11.6. The fourth-order valence-electron chi connectivity index (χ4n) is 5.82. The molecule has 2 atom stereocenters. The maximum atomic E-state index is 15.4. The second-order valence-corrected chi connectivity index (χ2v) is 11.1. The summed E-state index contributed by atoms with van der Waals surface area (Å²) >= 11 is 0. The topological polar surface area (TPSA) is 101 Å². The SMILES string of the molecule is C[C@H]1c2cc(OCc3ccc(C#N)cc3)c(C(F)(F)F)cc2CCN1Cc1nc2ccc(C(=O)O)c(F)c2n1C[C@@H]1CCO1. The van der Waals surface area contributed by atoms with E-state index in [2.05, 4.69) is 9.88 Å². The van der Waals surface area contributed by atoms with Gasteiger partial charge in [0.1, 0.15) is 23.7 Å². The molecule has 8 nitrogen and oxygen atoms in total. The highest BCUT2D eigenvalue weighted by Gasteiger charge is 2.37. The number of hydrogen-bond acceptors (Lipinski definition) is 6. The van der Waals surface area contributed by atoms with Crippen molar-refractivity contribution in [3.05, 3.63) is 93.6 Å². The summed E-state index contributed by atoms with van der Waals surface area (Å²) in [6.45, 7) is 3.36. The number of carboxylic acids is 1. The van der Waals surface area contributed by atoms with Crippen molar-refractivity contribution in [3.63, 3.8) is 0 Å². The van der Waals surface area contributed by atoms with Crippen molar-refractivity contribution in [3.8, 4) is 11.8 Å². The van der Waals surface area contributed by atoms with Crippen LogP contribution in [0.5, 0.6) is 5.75 Å². The van der Waals surface area contributed by atoms with Crippen LogP contribution in [0, 0.1) is 17.1 Å². The first-order chi connectivity index (χ1) is 21.0. The van der Waals surface area contributed by atoms with Gasteiger partial charge >= 0.3 is 12.1 Å². The highest BCUT2D eigenvalue weighted by molar-refractivity contribution is 5.93. The third-order valence-corrected chi connectivity index (χ3v) is 8.37. The predicted octanol–water partition coefficient (Wildman–Crippen LogP) is 6.25. The van der Waals surface area contributed by atoms with Gasteiger partial charge in [-0.3, -0.25) is 4.90 Å². The highest BCUT2D eigenvalue weighted by Crippen LogP contribution is 2.42. The molecule has 6 rings (SSSR count). The molecule has 0 spiro atoms. The maximum absolute atomic E-state index is 15.4. The van der Waals surface area contributed by atoms with E-state index in [0.29, 0.717) is 59.7 Å². The number of nitriles is 1. The quantitative estimate of drug-likeness (QED) is 0.236. The molecule has 0 amide bonds. The van der Waals surface area contributed by atoms with Gasteiger partial charge in [-0.25, -0.2) is 14.2 Å². The number of fused-ring (bicyclic) bond motifs is 2. The second-order valence-electron chi connectivity index (χ2n) is 11.1. The number of aromatic nitrogens is 2. The number of rotatable bonds is 8. The minimum Gasteiger partial charge on any atom is -0.488 e. The van der Waals surface area contributed by atoms with Crippen LogP contribution in [0.4, 0.5) is 17.6 Å². The van der Waals surface area contributed by atoms with Crippen LogP contribution in [0.3, 0.4) is 0 Å². The molecule has 0 radical (unpaired) electrons. The highest BCUT2D eigenvalue weighted by atomic mass is 19.4. The summed E-state index contributed by atoms with van der Waals surface area (Å²) in [5.74, 6) is -2.02. The Morgan fingerprint density at radius 3 is 2.59 bits per heavy atom. The van der Waals surface area contributed by atoms with E-state index in [9.17, 15) is 23.1 Å². The van der Waals surface area contributed by atoms with Crippen LogP contribution >= 0.6 is 0 Å². The Labute approximate surface area is 250 Å². The van der Waals surface area contributed by atoms with Gasteiger partial charge in [0.15, 0.2) is 5.82 Å². The summed E-state index contributed by atoms with van der Waals surface area (Å²) in [6.07, 6.45) is -3.65. The van der Waals surface area contributed by atoms with Crippen LogP contribution in [-0.2, 0) is 37.0 Å². The van der Waals surface area contributed by atoms with E-state index in [4.69, 9.17) is 14.7 Å². The Balaban J connectivity index is 1.31. The minimum absolute atomic E-state index is 0.0915. The van der Waals surface area contributed by atoms with Crippen molar-refractivity contribution >= 4 is 17.0 Å². The maximum Gasteiger partial charge on any atom is 0.419 e. The molecule has 2 aliphatic heterocycles. The van der Waals surface area contributed by atoms with Gasteiger partial charge in [-0.1, -0.05) is 12.1 Å². The largest absolute Gasteiger partial charge is 0.488 e. The molecule has 3 heterocycles. The first-order valence-corrected chi connectivity index (χ1v) is 14.2. The third-order valence-electron chi connectivity index (χ3n) is 8.37. The van der Waals surface area contributed by atoms with Crippen molar-refractivity contribution < 1.29 is 36.9 Å². The summed E-state index contributed by atoms with van der Waals surface area (Å²) < 4.78 is 70.6. The number of carbonyl (C=O) groups is 1. The van der Waals surface area contributed by atoms with E-state index in [1.54, 1.807) is 28.8 Å². The van der Waals surface area contributed by atoms with Gasteiger partial charge in [0.25, 0.3) is 0 Å². The molecule has 228 valence electrons. The molecule has 1 saturated heterocycles. The molecule has 0 saturated carbocycles. The number of ether oxygens (including phenoxy) is 2. The molecule has 0 bridgehead atoms. The molecule has 2 aliphatic rings. The van der Waals surface area contributed by atoms with Gasteiger partial charge in [-0.2, -0.15) is 18.4 Å². The number of aromatic carboxylic acids is 1. The van der Waals surface area contributed by atoms with Gasteiger partial charge in [0, 0.05) is 19.2 Å². The molecule has 1 fully saturated rings. The third kappa shape index (κ3) is 5.60. The normalized spacial score (nSPS) is 18.5. The zero-order chi connectivity index (χ0) is 31.2. The summed E-state index contributed by atoms with van der Waals surface area (Å²) in [5, 5.41) is 18.5. The van der Waals surface area contributed by atoms with E-state index in [-0.39, 0.29) is 36.6 Å². The number of nitrogens with zero attached hydrogens (tertiary/aromatic N) is 4. The molecule has 0 aliphatic carbocycles. The summed E-state index contributed by atoms with van der Waals surface area (Å²) in [4.78, 5) is 18.3. The zero-order valence-electron chi connectivity index (χ0n) is 23.7. The van der Waals surface area contributed by atoms with Crippen LogP contribution in [0.25, 0.3) is 11.0 Å². The Kier molecular flexibility index (Phi) is 7.77. The number of benzene rings is 3. The Morgan fingerprint density at radius 2 is 1.95 bits per heavy atom. The summed E-state index contributed by atoms with van der Waals surface area (Å²) in [7, 11) is 0. The smallest absolute Gasteiger partial charge is 0.419 e. The summed E-state index contributed by atoms with van der Waals surface area (Å²) in [6, 6.07) is 13.4. The Bertz CT molecular complexity index is 1770. The summed E-state index contributed by atoms with van der Waals surface area (Å²) in [5.41, 5.74) is 1.42. The molecular weight excluding hydrogens is 580 g/mol. The van der Waals surface area contributed by atoms with Crippen molar-refractivity contribution in [2.24, 2.45) is 0 Å². The van der Waals surface area contributed by atoms with Crippen molar-refractivity contribution in [1.29, 1.82) is 5.26 Å². The molecule has 0 unspecified atom stereocenters. The van der Waals surface area contributed by atoms with Gasteiger partial charge in [-0.15, -0.1) is 0 Å². The molecule has 3 aromatic carbocycles. The Hall–Kier alpha value is -4.47. The lowest BCUT2D eigenvalue weighted by Gasteiger charge is -2.36. The van der Waals surface area contributed by atoms with E-state index in [0.717, 1.165) is 12.5 Å². The van der Waals surface area contributed by atoms with Crippen LogP contribution < -0.4 is 4.74 Å². The van der Waals surface area contributed by atoms with Crippen LogP contribution in [0.2, 0.25) is 0 Å². The van der Waals surface area contributed by atoms with Gasteiger partial charge < -0.3 is 19.1 Å². The average Bonchev–Trinajstić information content (AvgIpc) is 3.32. The van der Waals surface area contributed by atoms with E-state index >= 15 is 4.39 Å². The van der Waals surface area contributed by atoms with Crippen LogP contribution in [0.15, 0.2) is 48.5 Å². The number of carboxylic acid groups (broad SMARTS) is 1.